The average molecular weight is 434 g/mol. The normalized spacial score (nSPS) is 25.7. The summed E-state index contributed by atoms with van der Waals surface area (Å²) in [5, 5.41) is 3.06. The quantitative estimate of drug-likeness (QED) is 0.720. The van der Waals surface area contributed by atoms with Crippen molar-refractivity contribution in [2.24, 2.45) is 11.1 Å². The summed E-state index contributed by atoms with van der Waals surface area (Å²) in [4.78, 5) is 15.2. The maximum Gasteiger partial charge on any atom is 0.241 e. The van der Waals surface area contributed by atoms with Crippen LogP contribution < -0.4 is 16.0 Å². The number of morpholine rings is 1. The van der Waals surface area contributed by atoms with Crippen LogP contribution in [-0.4, -0.2) is 50.5 Å². The highest BCUT2D eigenvalue weighted by molar-refractivity contribution is 5.89. The van der Waals surface area contributed by atoms with E-state index in [0.29, 0.717) is 19.6 Å². The molecule has 28 heavy (non-hydrogen) atoms. The van der Waals surface area contributed by atoms with Crippen molar-refractivity contribution >= 4 is 36.4 Å². The Labute approximate surface area is 180 Å². The monoisotopic (exact) mass is 433 g/mol. The molecule has 1 amide bonds. The molecule has 3 rings (SSSR count). The van der Waals surface area contributed by atoms with E-state index in [9.17, 15) is 4.79 Å². The van der Waals surface area contributed by atoms with Crippen LogP contribution in [0.3, 0.4) is 0 Å². The van der Waals surface area contributed by atoms with Gasteiger partial charge in [-0.15, -0.1) is 24.8 Å². The maximum atomic E-state index is 12.8. The van der Waals surface area contributed by atoms with Gasteiger partial charge in [0.15, 0.2) is 0 Å². The Balaban J connectivity index is 0.00000196. The minimum atomic E-state index is -0.888. The molecule has 6 nitrogen and oxygen atoms in total. The summed E-state index contributed by atoms with van der Waals surface area (Å²) in [7, 11) is 0. The molecule has 1 aliphatic heterocycles. The van der Waals surface area contributed by atoms with Crippen LogP contribution in [0.1, 0.15) is 32.8 Å². The van der Waals surface area contributed by atoms with Gasteiger partial charge in [-0.25, -0.2) is 0 Å². The van der Waals surface area contributed by atoms with Crippen molar-refractivity contribution in [3.8, 4) is 0 Å². The van der Waals surface area contributed by atoms with Crippen molar-refractivity contribution in [2.75, 3.05) is 37.8 Å². The Bertz CT molecular complexity index is 653. The van der Waals surface area contributed by atoms with Crippen molar-refractivity contribution in [1.82, 2.24) is 5.32 Å². The number of nitrogens with one attached hydrogen (secondary N) is 1. The Morgan fingerprint density at radius 3 is 2.54 bits per heavy atom. The molecule has 1 saturated carbocycles. The Hall–Kier alpha value is -1.05. The molecular weight excluding hydrogens is 401 g/mol. The zero-order chi connectivity index (χ0) is 18.8. The molecule has 1 saturated heterocycles. The van der Waals surface area contributed by atoms with E-state index in [2.05, 4.69) is 22.3 Å². The summed E-state index contributed by atoms with van der Waals surface area (Å²) in [6.07, 6.45) is 0.592. The number of rotatable bonds is 6. The SMILES string of the molecule is CCOC1CC(N)(C(=O)NCc2ccccc2N2CCOCC2)C1(C)C.Cl.Cl. The first-order valence-electron chi connectivity index (χ1n) is 9.49. The van der Waals surface area contributed by atoms with Crippen LogP contribution in [0, 0.1) is 5.41 Å². The summed E-state index contributed by atoms with van der Waals surface area (Å²) in [6, 6.07) is 8.19. The van der Waals surface area contributed by atoms with Gasteiger partial charge in [-0.2, -0.15) is 0 Å². The van der Waals surface area contributed by atoms with Crippen molar-refractivity contribution in [3.63, 3.8) is 0 Å². The van der Waals surface area contributed by atoms with Gasteiger partial charge in [0.05, 0.1) is 19.3 Å². The summed E-state index contributed by atoms with van der Waals surface area (Å²) in [6.45, 7) is 10.3. The number of carbonyl (C=O) groups is 1. The number of benzene rings is 1. The molecule has 2 atom stereocenters. The number of hydrogen-bond acceptors (Lipinski definition) is 5. The van der Waals surface area contributed by atoms with E-state index >= 15 is 0 Å². The number of para-hydroxylation sites is 1. The molecule has 1 heterocycles. The summed E-state index contributed by atoms with van der Waals surface area (Å²) >= 11 is 0. The van der Waals surface area contributed by atoms with Gasteiger partial charge in [-0.1, -0.05) is 32.0 Å². The van der Waals surface area contributed by atoms with Gasteiger partial charge in [0.25, 0.3) is 0 Å². The van der Waals surface area contributed by atoms with Gasteiger partial charge < -0.3 is 25.4 Å². The Morgan fingerprint density at radius 2 is 1.93 bits per heavy atom. The fourth-order valence-electron chi connectivity index (χ4n) is 3.93. The van der Waals surface area contributed by atoms with E-state index in [4.69, 9.17) is 15.2 Å². The molecular formula is C20H33Cl2N3O3. The Kier molecular flexibility index (Phi) is 9.03. The van der Waals surface area contributed by atoms with E-state index < -0.39 is 5.54 Å². The lowest BCUT2D eigenvalue weighted by Crippen LogP contribution is -2.75. The molecule has 1 aliphatic carbocycles. The minimum absolute atomic E-state index is 0. The molecule has 3 N–H and O–H groups in total. The molecule has 2 fully saturated rings. The van der Waals surface area contributed by atoms with E-state index in [1.54, 1.807) is 0 Å². The average Bonchev–Trinajstić information content (AvgIpc) is 2.66. The lowest BCUT2D eigenvalue weighted by molar-refractivity contribution is -0.170. The molecule has 160 valence electrons. The number of nitrogens with two attached hydrogens (primary N) is 1. The van der Waals surface area contributed by atoms with E-state index in [1.165, 1.54) is 0 Å². The molecule has 2 aliphatic rings. The maximum absolute atomic E-state index is 12.8. The molecule has 1 aromatic rings. The van der Waals surface area contributed by atoms with Crippen molar-refractivity contribution in [3.05, 3.63) is 29.8 Å². The number of nitrogens with zero attached hydrogens (tertiary/aromatic N) is 1. The van der Waals surface area contributed by atoms with Gasteiger partial charge in [0.2, 0.25) is 5.91 Å². The van der Waals surface area contributed by atoms with Crippen LogP contribution in [0.15, 0.2) is 24.3 Å². The van der Waals surface area contributed by atoms with Crippen molar-refractivity contribution < 1.29 is 14.3 Å². The lowest BCUT2D eigenvalue weighted by atomic mass is 9.54. The van der Waals surface area contributed by atoms with Crippen LogP contribution in [0.4, 0.5) is 5.69 Å². The smallest absolute Gasteiger partial charge is 0.241 e. The summed E-state index contributed by atoms with van der Waals surface area (Å²) in [5.41, 5.74) is 7.46. The first kappa shape index (κ1) is 25.0. The van der Waals surface area contributed by atoms with Crippen molar-refractivity contribution in [2.45, 2.75) is 45.4 Å². The second kappa shape index (κ2) is 10.1. The van der Waals surface area contributed by atoms with Crippen molar-refractivity contribution in [1.29, 1.82) is 0 Å². The highest BCUT2D eigenvalue weighted by atomic mass is 35.5. The molecule has 0 bridgehead atoms. The predicted octanol–water partition coefficient (Wildman–Crippen LogP) is 2.52. The third-order valence-corrected chi connectivity index (χ3v) is 6.02. The summed E-state index contributed by atoms with van der Waals surface area (Å²) in [5.74, 6) is -0.102. The van der Waals surface area contributed by atoms with Crippen LogP contribution in [0.25, 0.3) is 0 Å². The number of ether oxygens (including phenoxy) is 2. The number of halogens is 2. The van der Waals surface area contributed by atoms with Crippen LogP contribution in [0.5, 0.6) is 0 Å². The zero-order valence-corrected chi connectivity index (χ0v) is 18.5. The molecule has 0 radical (unpaired) electrons. The van der Waals surface area contributed by atoms with Gasteiger partial charge in [-0.3, -0.25) is 4.79 Å². The van der Waals surface area contributed by atoms with Gasteiger partial charge in [-0.05, 0) is 18.6 Å². The molecule has 0 spiro atoms. The van der Waals surface area contributed by atoms with E-state index in [-0.39, 0.29) is 42.2 Å². The highest BCUT2D eigenvalue weighted by Gasteiger charge is 2.62. The van der Waals surface area contributed by atoms with Crippen LogP contribution in [0.2, 0.25) is 0 Å². The molecule has 2 unspecified atom stereocenters. The second-order valence-electron chi connectivity index (χ2n) is 7.75. The fourth-order valence-corrected chi connectivity index (χ4v) is 3.93. The van der Waals surface area contributed by atoms with E-state index in [0.717, 1.165) is 37.6 Å². The number of amides is 1. The van der Waals surface area contributed by atoms with E-state index in [1.807, 2.05) is 32.9 Å². The topological polar surface area (TPSA) is 76.8 Å². The molecule has 1 aromatic carbocycles. The standard InChI is InChI=1S/C20H31N3O3.2ClH/c1-4-26-17-13-20(21,19(17,2)3)18(24)22-14-15-7-5-6-8-16(15)23-9-11-25-12-10-23;;/h5-8,17H,4,9-14,21H2,1-3H3,(H,22,24);2*1H. The van der Waals surface area contributed by atoms with Gasteiger partial charge >= 0.3 is 0 Å². The third kappa shape index (κ3) is 4.57. The highest BCUT2D eigenvalue weighted by Crippen LogP contribution is 2.49. The van der Waals surface area contributed by atoms with Crippen LogP contribution >= 0.6 is 24.8 Å². The molecule has 0 aromatic heterocycles. The predicted molar refractivity (Wildman–Crippen MR) is 117 cm³/mol. The first-order chi connectivity index (χ1) is 12.4. The molecule has 8 heteroatoms. The number of carbonyl (C=O) groups excluding carboxylic acids is 1. The van der Waals surface area contributed by atoms with Gasteiger partial charge in [0, 0.05) is 43.8 Å². The fraction of sp³-hybridized carbons (Fsp3) is 0.650. The van der Waals surface area contributed by atoms with Gasteiger partial charge in [0.1, 0.15) is 5.54 Å². The Morgan fingerprint density at radius 1 is 1.29 bits per heavy atom. The second-order valence-corrected chi connectivity index (χ2v) is 7.75. The first-order valence-corrected chi connectivity index (χ1v) is 9.49. The number of anilines is 1. The largest absolute Gasteiger partial charge is 0.378 e. The number of hydrogen-bond donors (Lipinski definition) is 2. The minimum Gasteiger partial charge on any atom is -0.378 e. The lowest BCUT2D eigenvalue weighted by Gasteiger charge is -2.57. The third-order valence-electron chi connectivity index (χ3n) is 6.02. The zero-order valence-electron chi connectivity index (χ0n) is 16.9. The summed E-state index contributed by atoms with van der Waals surface area (Å²) < 4.78 is 11.2. The van der Waals surface area contributed by atoms with Crippen LogP contribution in [-0.2, 0) is 20.8 Å².